The van der Waals surface area contributed by atoms with Crippen molar-refractivity contribution in [1.29, 1.82) is 0 Å². The number of halogens is 2. The van der Waals surface area contributed by atoms with Crippen molar-refractivity contribution in [3.05, 3.63) is 31.7 Å². The summed E-state index contributed by atoms with van der Waals surface area (Å²) < 4.78 is 6.30. The van der Waals surface area contributed by atoms with E-state index in [1.807, 2.05) is 0 Å². The van der Waals surface area contributed by atoms with E-state index in [0.29, 0.717) is 4.60 Å². The second-order valence-electron chi connectivity index (χ2n) is 3.10. The average Bonchev–Trinajstić information content (AvgIpc) is 2.55. The number of carbonyl (C=O) groups is 1. The maximum Gasteiger partial charge on any atom is 0.344 e. The zero-order valence-corrected chi connectivity index (χ0v) is 11.0. The van der Waals surface area contributed by atoms with Crippen molar-refractivity contribution in [1.82, 2.24) is 14.6 Å². The van der Waals surface area contributed by atoms with Crippen LogP contribution in [0.5, 0.6) is 0 Å². The molecule has 0 aliphatic rings. The third-order valence-electron chi connectivity index (χ3n) is 2.02. The molecule has 1 N–H and O–H groups in total. The maximum absolute atomic E-state index is 11.7. The zero-order chi connectivity index (χ0) is 12.6. The van der Waals surface area contributed by atoms with Crippen molar-refractivity contribution in [2.45, 2.75) is 6.92 Å². The van der Waals surface area contributed by atoms with Crippen LogP contribution in [0.3, 0.4) is 0 Å². The van der Waals surface area contributed by atoms with Gasteiger partial charge in [-0.2, -0.15) is 4.52 Å². The van der Waals surface area contributed by atoms with Crippen LogP contribution < -0.4 is 5.56 Å². The van der Waals surface area contributed by atoms with Gasteiger partial charge in [0.2, 0.25) is 0 Å². The van der Waals surface area contributed by atoms with Gasteiger partial charge in [0.15, 0.2) is 5.65 Å². The van der Waals surface area contributed by atoms with Crippen molar-refractivity contribution in [3.8, 4) is 0 Å². The van der Waals surface area contributed by atoms with E-state index in [1.165, 1.54) is 0 Å². The molecule has 0 fully saturated rings. The number of carbonyl (C=O) groups excluding carboxylic acids is 1. The van der Waals surface area contributed by atoms with E-state index < -0.39 is 11.5 Å². The van der Waals surface area contributed by atoms with Crippen LogP contribution in [0.15, 0.2) is 15.5 Å². The second kappa shape index (κ2) is 4.50. The van der Waals surface area contributed by atoms with Crippen LogP contribution in [0.25, 0.3) is 5.65 Å². The number of H-pyrrole nitrogens is 1. The summed E-state index contributed by atoms with van der Waals surface area (Å²) in [6, 6.07) is 1.15. The second-order valence-corrected chi connectivity index (χ2v) is 4.28. The molecule has 2 heterocycles. The summed E-state index contributed by atoms with van der Waals surface area (Å²) in [7, 11) is 0. The molecule has 0 aromatic carbocycles. The highest BCUT2D eigenvalue weighted by atomic mass is 79.9. The number of hydrogen-bond donors (Lipinski definition) is 1. The van der Waals surface area contributed by atoms with Crippen molar-refractivity contribution >= 4 is 39.1 Å². The lowest BCUT2D eigenvalue weighted by molar-refractivity contribution is 0.0527. The number of rotatable bonds is 2. The highest BCUT2D eigenvalue weighted by molar-refractivity contribution is 9.10. The minimum absolute atomic E-state index is 0.0204. The van der Waals surface area contributed by atoms with Crippen LogP contribution in [0.2, 0.25) is 5.15 Å². The van der Waals surface area contributed by atoms with Crippen molar-refractivity contribution in [2.24, 2.45) is 0 Å². The Morgan fingerprint density at radius 1 is 1.71 bits per heavy atom. The predicted octanol–water partition coefficient (Wildman–Crippen LogP) is 1.62. The van der Waals surface area contributed by atoms with Gasteiger partial charge in [0, 0.05) is 6.07 Å². The molecule has 0 spiro atoms. The fraction of sp³-hybridized carbons (Fsp3) is 0.222. The summed E-state index contributed by atoms with van der Waals surface area (Å²) in [5, 5.41) is 2.68. The average molecular weight is 321 g/mol. The molecule has 2 aromatic heterocycles. The van der Waals surface area contributed by atoms with E-state index in [-0.39, 0.29) is 23.0 Å². The molecule has 2 aromatic rings. The van der Waals surface area contributed by atoms with Crippen LogP contribution in [0, 0.1) is 0 Å². The Morgan fingerprint density at radius 2 is 2.41 bits per heavy atom. The highest BCUT2D eigenvalue weighted by Gasteiger charge is 2.21. The Labute approximate surface area is 109 Å². The van der Waals surface area contributed by atoms with E-state index in [9.17, 15) is 9.59 Å². The molecule has 6 nitrogen and oxygen atoms in total. The minimum atomic E-state index is -0.577. The molecule has 0 bridgehead atoms. The summed E-state index contributed by atoms with van der Waals surface area (Å²) in [5.41, 5.74) is -0.129. The number of nitrogens with zero attached hydrogens (tertiary/aromatic N) is 2. The first-order valence-corrected chi connectivity index (χ1v) is 5.85. The van der Waals surface area contributed by atoms with Gasteiger partial charge < -0.3 is 4.74 Å². The quantitative estimate of drug-likeness (QED) is 0.674. The lowest BCUT2D eigenvalue weighted by Gasteiger charge is -1.99. The largest absolute Gasteiger partial charge is 0.462 e. The van der Waals surface area contributed by atoms with E-state index >= 15 is 0 Å². The summed E-state index contributed by atoms with van der Waals surface area (Å²) >= 11 is 8.82. The molecule has 0 amide bonds. The minimum Gasteiger partial charge on any atom is -0.462 e. The molecule has 0 aliphatic carbocycles. The van der Waals surface area contributed by atoms with Gasteiger partial charge in [0.25, 0.3) is 5.56 Å². The zero-order valence-electron chi connectivity index (χ0n) is 8.66. The van der Waals surface area contributed by atoms with Gasteiger partial charge in [0.1, 0.15) is 15.3 Å². The monoisotopic (exact) mass is 319 g/mol. The fourth-order valence-corrected chi connectivity index (χ4v) is 2.06. The van der Waals surface area contributed by atoms with Crippen LogP contribution >= 0.6 is 27.5 Å². The van der Waals surface area contributed by atoms with Crippen molar-refractivity contribution in [2.75, 3.05) is 6.61 Å². The molecule has 17 heavy (non-hydrogen) atoms. The third kappa shape index (κ3) is 2.07. The lowest BCUT2D eigenvalue weighted by atomic mass is 10.3. The molecular formula is C9H7BrClN3O3. The number of hydrogen-bond acceptors (Lipinski definition) is 4. The number of esters is 1. The first-order chi connectivity index (χ1) is 8.04. The Balaban J connectivity index is 2.75. The standard InChI is InChI=1S/C9H7BrClN3O3/c1-2-17-9(16)6-7(10)13-14-5(15)3-4(11)12-8(6)14/h3,13H,2H2,1H3. The summed E-state index contributed by atoms with van der Waals surface area (Å²) in [5.74, 6) is -0.577. The number of aromatic amines is 1. The number of nitrogens with one attached hydrogen (secondary N) is 1. The van der Waals surface area contributed by atoms with Gasteiger partial charge in [-0.25, -0.2) is 9.78 Å². The van der Waals surface area contributed by atoms with Crippen molar-refractivity contribution in [3.63, 3.8) is 0 Å². The van der Waals surface area contributed by atoms with Crippen LogP contribution in [0.4, 0.5) is 0 Å². The summed E-state index contributed by atoms with van der Waals surface area (Å²) in [6.07, 6.45) is 0. The number of aromatic nitrogens is 3. The van der Waals surface area contributed by atoms with E-state index in [2.05, 4.69) is 26.0 Å². The van der Waals surface area contributed by atoms with Crippen molar-refractivity contribution < 1.29 is 9.53 Å². The van der Waals surface area contributed by atoms with E-state index in [4.69, 9.17) is 16.3 Å². The van der Waals surface area contributed by atoms with Gasteiger partial charge >= 0.3 is 5.97 Å². The molecule has 0 aliphatic heterocycles. The number of fused-ring (bicyclic) bond motifs is 1. The molecule has 8 heteroatoms. The Morgan fingerprint density at radius 3 is 3.06 bits per heavy atom. The van der Waals surface area contributed by atoms with Crippen LogP contribution in [-0.4, -0.2) is 27.2 Å². The van der Waals surface area contributed by atoms with E-state index in [1.54, 1.807) is 6.92 Å². The maximum atomic E-state index is 11.7. The van der Waals surface area contributed by atoms with Gasteiger partial charge in [-0.3, -0.25) is 9.89 Å². The van der Waals surface area contributed by atoms with E-state index in [0.717, 1.165) is 10.6 Å². The fourth-order valence-electron chi connectivity index (χ4n) is 1.37. The molecule has 0 radical (unpaired) electrons. The highest BCUT2D eigenvalue weighted by Crippen LogP contribution is 2.20. The van der Waals surface area contributed by atoms with Gasteiger partial charge in [-0.15, -0.1) is 0 Å². The summed E-state index contributed by atoms with van der Waals surface area (Å²) in [4.78, 5) is 27.2. The SMILES string of the molecule is CCOC(=O)c1c(Br)[nH]n2c(=O)cc(Cl)nc12. The molecule has 0 unspecified atom stereocenters. The smallest absolute Gasteiger partial charge is 0.344 e. The Hall–Kier alpha value is -1.34. The molecule has 0 atom stereocenters. The molecule has 90 valence electrons. The van der Waals surface area contributed by atoms with Gasteiger partial charge in [-0.1, -0.05) is 11.6 Å². The van der Waals surface area contributed by atoms with Crippen LogP contribution in [0.1, 0.15) is 17.3 Å². The van der Waals surface area contributed by atoms with Crippen LogP contribution in [-0.2, 0) is 4.74 Å². The molecule has 2 rings (SSSR count). The number of ether oxygens (including phenoxy) is 1. The van der Waals surface area contributed by atoms with Gasteiger partial charge in [-0.05, 0) is 22.9 Å². The topological polar surface area (TPSA) is 76.5 Å². The lowest BCUT2D eigenvalue weighted by Crippen LogP contribution is -2.14. The summed E-state index contributed by atoms with van der Waals surface area (Å²) in [6.45, 7) is 1.92. The molecule has 0 saturated heterocycles. The Kier molecular flexibility index (Phi) is 3.21. The Bertz CT molecular complexity index is 649. The normalized spacial score (nSPS) is 10.8. The first kappa shape index (κ1) is 12.1. The van der Waals surface area contributed by atoms with Gasteiger partial charge in [0.05, 0.1) is 6.61 Å². The third-order valence-corrected chi connectivity index (χ3v) is 2.79. The molecule has 0 saturated carbocycles. The first-order valence-electron chi connectivity index (χ1n) is 4.68. The predicted molar refractivity (Wildman–Crippen MR) is 64.5 cm³/mol. The molecular weight excluding hydrogens is 313 g/mol.